The maximum absolute atomic E-state index is 12.7. The molecule has 1 N–H and O–H groups in total. The maximum atomic E-state index is 12.7. The Balaban J connectivity index is 1.42. The van der Waals surface area contributed by atoms with Crippen molar-refractivity contribution in [2.24, 2.45) is 0 Å². The van der Waals surface area contributed by atoms with Crippen molar-refractivity contribution in [3.63, 3.8) is 0 Å². The Bertz CT molecular complexity index is 1230. The van der Waals surface area contributed by atoms with Crippen molar-refractivity contribution in [3.8, 4) is 5.69 Å². The zero-order chi connectivity index (χ0) is 19.3. The van der Waals surface area contributed by atoms with E-state index in [1.165, 1.54) is 35.6 Å². The van der Waals surface area contributed by atoms with Crippen LogP contribution in [-0.4, -0.2) is 14.0 Å². The molecule has 0 aromatic carbocycles. The van der Waals surface area contributed by atoms with Gasteiger partial charge in [0.05, 0.1) is 15.7 Å². The second-order valence-electron chi connectivity index (χ2n) is 7.16. The summed E-state index contributed by atoms with van der Waals surface area (Å²) < 4.78 is 4.51. The van der Waals surface area contributed by atoms with Crippen molar-refractivity contribution >= 4 is 34.3 Å². The van der Waals surface area contributed by atoms with E-state index in [0.717, 1.165) is 26.2 Å². The number of fused-ring (bicyclic) bond motifs is 1. The highest BCUT2D eigenvalue weighted by molar-refractivity contribution is 7.16. The minimum Gasteiger partial charge on any atom is -0.380 e. The Labute approximate surface area is 171 Å². The Hall–Kier alpha value is -2.57. The van der Waals surface area contributed by atoms with Crippen LogP contribution in [0.15, 0.2) is 53.6 Å². The van der Waals surface area contributed by atoms with Gasteiger partial charge >= 0.3 is 0 Å². The van der Waals surface area contributed by atoms with Gasteiger partial charge < -0.3 is 9.72 Å². The Kier molecular flexibility index (Phi) is 4.25. The molecule has 0 amide bonds. The molecule has 4 aromatic heterocycles. The second-order valence-corrected chi connectivity index (χ2v) is 8.95. The summed E-state index contributed by atoms with van der Waals surface area (Å²) in [6, 6.07) is 11.3. The maximum Gasteiger partial charge on any atom is 0.257 e. The molecule has 0 radical (unpaired) electrons. The van der Waals surface area contributed by atoms with Gasteiger partial charge in [-0.25, -0.2) is 4.98 Å². The molecule has 0 atom stereocenters. The molecule has 0 saturated heterocycles. The van der Waals surface area contributed by atoms with Gasteiger partial charge in [0.15, 0.2) is 0 Å². The standard InChI is InChI=1S/C21H19ClN4OS/c1-13-21(14-2-3-14)24-19-7-4-16(12-26(13)19)25-9-8-15(10-20(25)27)23-11-17-5-6-18(22)28-17/h4-10,12,14,23H,2-3,11H2,1H3. The van der Waals surface area contributed by atoms with Crippen molar-refractivity contribution in [2.75, 3.05) is 5.32 Å². The molecule has 1 saturated carbocycles. The summed E-state index contributed by atoms with van der Waals surface area (Å²) in [5, 5.41) is 3.28. The van der Waals surface area contributed by atoms with Gasteiger partial charge in [0.2, 0.25) is 0 Å². The fraction of sp³-hybridized carbons (Fsp3) is 0.238. The van der Waals surface area contributed by atoms with Gasteiger partial charge in [-0.1, -0.05) is 11.6 Å². The fourth-order valence-corrected chi connectivity index (χ4v) is 4.52. The normalized spacial score (nSPS) is 13.9. The molecule has 0 bridgehead atoms. The lowest BCUT2D eigenvalue weighted by molar-refractivity contribution is 0.955. The summed E-state index contributed by atoms with van der Waals surface area (Å²) in [6.45, 7) is 2.75. The second kappa shape index (κ2) is 6.79. The zero-order valence-electron chi connectivity index (χ0n) is 15.4. The number of nitrogens with zero attached hydrogens (tertiary/aromatic N) is 3. The fourth-order valence-electron chi connectivity index (χ4n) is 3.49. The first-order valence-corrected chi connectivity index (χ1v) is 10.5. The first kappa shape index (κ1) is 17.5. The van der Waals surface area contributed by atoms with Crippen LogP contribution < -0.4 is 10.9 Å². The smallest absolute Gasteiger partial charge is 0.257 e. The first-order valence-electron chi connectivity index (χ1n) is 9.28. The third-order valence-electron chi connectivity index (χ3n) is 5.14. The van der Waals surface area contributed by atoms with Gasteiger partial charge in [-0.05, 0) is 50.1 Å². The van der Waals surface area contributed by atoms with Crippen LogP contribution in [0.2, 0.25) is 4.34 Å². The predicted octanol–water partition coefficient (Wildman–Crippen LogP) is 5.00. The lowest BCUT2D eigenvalue weighted by Crippen LogP contribution is -2.17. The summed E-state index contributed by atoms with van der Waals surface area (Å²) >= 11 is 7.49. The van der Waals surface area contributed by atoms with E-state index >= 15 is 0 Å². The molecule has 0 aliphatic heterocycles. The van der Waals surface area contributed by atoms with Crippen LogP contribution in [0, 0.1) is 6.92 Å². The molecule has 0 unspecified atom stereocenters. The largest absolute Gasteiger partial charge is 0.380 e. The highest BCUT2D eigenvalue weighted by Crippen LogP contribution is 2.41. The molecule has 0 spiro atoms. The number of anilines is 1. The topological polar surface area (TPSA) is 51.3 Å². The van der Waals surface area contributed by atoms with Gasteiger partial charge in [-0.2, -0.15) is 0 Å². The summed E-state index contributed by atoms with van der Waals surface area (Å²) in [5.41, 5.74) is 4.84. The molecule has 28 heavy (non-hydrogen) atoms. The number of halogens is 1. The Morgan fingerprint density at radius 3 is 2.82 bits per heavy atom. The number of thiophene rings is 1. The van der Waals surface area contributed by atoms with E-state index in [1.807, 2.05) is 36.5 Å². The number of aryl methyl sites for hydroxylation is 1. The van der Waals surface area contributed by atoms with Gasteiger partial charge in [0.1, 0.15) is 5.65 Å². The number of rotatable bonds is 5. The average molecular weight is 411 g/mol. The number of nitrogens with one attached hydrogen (secondary N) is 1. The van der Waals surface area contributed by atoms with Crippen molar-refractivity contribution in [1.82, 2.24) is 14.0 Å². The minimum atomic E-state index is -0.0752. The molecular formula is C21H19ClN4OS. The quantitative estimate of drug-likeness (QED) is 0.503. The lowest BCUT2D eigenvalue weighted by Gasteiger charge is -2.09. The number of hydrogen-bond acceptors (Lipinski definition) is 4. The molecule has 5 rings (SSSR count). The van der Waals surface area contributed by atoms with E-state index in [4.69, 9.17) is 16.6 Å². The van der Waals surface area contributed by atoms with Crippen LogP contribution >= 0.6 is 22.9 Å². The lowest BCUT2D eigenvalue weighted by atomic mass is 10.2. The number of hydrogen-bond donors (Lipinski definition) is 1. The molecule has 4 heterocycles. The summed E-state index contributed by atoms with van der Waals surface area (Å²) in [4.78, 5) is 18.6. The van der Waals surface area contributed by atoms with Crippen molar-refractivity contribution < 1.29 is 0 Å². The van der Waals surface area contributed by atoms with Crippen molar-refractivity contribution in [3.05, 3.63) is 79.7 Å². The first-order chi connectivity index (χ1) is 13.6. The van der Waals surface area contributed by atoms with Gasteiger partial charge in [0, 0.05) is 47.2 Å². The molecule has 5 nitrogen and oxygen atoms in total. The third kappa shape index (κ3) is 3.23. The van der Waals surface area contributed by atoms with E-state index in [1.54, 1.807) is 16.8 Å². The molecule has 1 fully saturated rings. The number of aromatic nitrogens is 3. The van der Waals surface area contributed by atoms with Gasteiger partial charge in [-0.15, -0.1) is 11.3 Å². The Morgan fingerprint density at radius 1 is 1.25 bits per heavy atom. The van der Waals surface area contributed by atoms with E-state index in [0.29, 0.717) is 12.5 Å². The summed E-state index contributed by atoms with van der Waals surface area (Å²) in [5.74, 6) is 0.606. The molecule has 142 valence electrons. The third-order valence-corrected chi connectivity index (χ3v) is 6.37. The monoisotopic (exact) mass is 410 g/mol. The van der Waals surface area contributed by atoms with E-state index < -0.39 is 0 Å². The van der Waals surface area contributed by atoms with Crippen LogP contribution in [0.25, 0.3) is 11.3 Å². The molecule has 1 aliphatic carbocycles. The van der Waals surface area contributed by atoms with E-state index in [9.17, 15) is 4.79 Å². The Morgan fingerprint density at radius 2 is 2.11 bits per heavy atom. The molecule has 1 aliphatic rings. The summed E-state index contributed by atoms with van der Waals surface area (Å²) in [7, 11) is 0. The van der Waals surface area contributed by atoms with Gasteiger partial charge in [0.25, 0.3) is 5.56 Å². The van der Waals surface area contributed by atoms with Crippen LogP contribution in [0.5, 0.6) is 0 Å². The summed E-state index contributed by atoms with van der Waals surface area (Å²) in [6.07, 6.45) is 6.25. The van der Waals surface area contributed by atoms with E-state index in [-0.39, 0.29) is 5.56 Å². The van der Waals surface area contributed by atoms with Crippen LogP contribution in [-0.2, 0) is 6.54 Å². The average Bonchev–Trinajstić information content (AvgIpc) is 3.37. The SMILES string of the molecule is Cc1c(C2CC2)nc2ccc(-n3ccc(NCc4ccc(Cl)s4)cc3=O)cn12. The van der Waals surface area contributed by atoms with Crippen molar-refractivity contribution in [1.29, 1.82) is 0 Å². The minimum absolute atomic E-state index is 0.0752. The molecule has 4 aromatic rings. The van der Waals surface area contributed by atoms with E-state index in [2.05, 4.69) is 16.6 Å². The predicted molar refractivity (Wildman–Crippen MR) is 114 cm³/mol. The zero-order valence-corrected chi connectivity index (χ0v) is 16.9. The highest BCUT2D eigenvalue weighted by atomic mass is 35.5. The number of imidazole rings is 1. The number of pyridine rings is 2. The van der Waals surface area contributed by atoms with Crippen molar-refractivity contribution in [2.45, 2.75) is 32.2 Å². The van der Waals surface area contributed by atoms with Gasteiger partial charge in [-0.3, -0.25) is 9.36 Å². The van der Waals surface area contributed by atoms with Crippen LogP contribution in [0.3, 0.4) is 0 Å². The molecule has 7 heteroatoms. The van der Waals surface area contributed by atoms with Crippen LogP contribution in [0.1, 0.15) is 35.0 Å². The highest BCUT2D eigenvalue weighted by Gasteiger charge is 2.28. The van der Waals surface area contributed by atoms with Crippen LogP contribution in [0.4, 0.5) is 5.69 Å². The molecular weight excluding hydrogens is 392 g/mol.